The maximum absolute atomic E-state index is 11.7. The zero-order valence-corrected chi connectivity index (χ0v) is 17.2. The van der Waals surface area contributed by atoms with Crippen molar-refractivity contribution in [1.29, 1.82) is 0 Å². The van der Waals surface area contributed by atoms with E-state index < -0.39 is 5.97 Å². The summed E-state index contributed by atoms with van der Waals surface area (Å²) in [7, 11) is 0. The van der Waals surface area contributed by atoms with E-state index in [1.165, 1.54) is 27.8 Å². The summed E-state index contributed by atoms with van der Waals surface area (Å²) >= 11 is 0. The number of aryl methyl sites for hydroxylation is 1. The van der Waals surface area contributed by atoms with E-state index in [1.54, 1.807) is 6.20 Å². The number of nitrogens with zero attached hydrogens (tertiary/aromatic N) is 2. The van der Waals surface area contributed by atoms with E-state index in [0.717, 1.165) is 41.9 Å². The Kier molecular flexibility index (Phi) is 5.20. The molecule has 0 amide bonds. The highest BCUT2D eigenvalue weighted by Gasteiger charge is 2.28. The summed E-state index contributed by atoms with van der Waals surface area (Å²) in [6, 6.07) is 12.5. The fourth-order valence-corrected chi connectivity index (χ4v) is 4.48. The van der Waals surface area contributed by atoms with E-state index >= 15 is 0 Å². The number of pyridine rings is 1. The van der Waals surface area contributed by atoms with Crippen LogP contribution in [0, 0.1) is 20.8 Å². The van der Waals surface area contributed by atoms with Gasteiger partial charge in [-0.25, -0.2) is 0 Å². The Morgan fingerprint density at radius 2 is 1.72 bits per heavy atom. The van der Waals surface area contributed by atoms with Crippen molar-refractivity contribution in [3.8, 4) is 11.1 Å². The number of carbonyl (C=O) groups is 1. The molecule has 148 valence electrons. The summed E-state index contributed by atoms with van der Waals surface area (Å²) < 4.78 is 0. The third-order valence-corrected chi connectivity index (χ3v) is 5.96. The first-order valence-corrected chi connectivity index (χ1v) is 9.98. The fraction of sp³-hybridized carbons (Fsp3) is 0.280. The molecule has 0 spiro atoms. The molecule has 4 rings (SSSR count). The molecule has 2 aromatic carbocycles. The Morgan fingerprint density at radius 3 is 2.34 bits per heavy atom. The molecule has 0 unspecified atom stereocenters. The van der Waals surface area contributed by atoms with Gasteiger partial charge in [-0.15, -0.1) is 0 Å². The van der Waals surface area contributed by atoms with Crippen molar-refractivity contribution in [2.45, 2.75) is 46.8 Å². The quantitative estimate of drug-likeness (QED) is 0.683. The Bertz CT molecular complexity index is 1060. The molecule has 0 bridgehead atoms. The van der Waals surface area contributed by atoms with Crippen LogP contribution in [-0.2, 0) is 30.8 Å². The molecular formula is C25H26N2O2. The molecule has 0 saturated heterocycles. The van der Waals surface area contributed by atoms with Crippen LogP contribution in [0.4, 0.5) is 0 Å². The number of benzene rings is 2. The van der Waals surface area contributed by atoms with Crippen molar-refractivity contribution in [3.63, 3.8) is 0 Å². The lowest BCUT2D eigenvalue weighted by atomic mass is 9.84. The van der Waals surface area contributed by atoms with E-state index in [9.17, 15) is 9.90 Å². The molecule has 2 heterocycles. The molecule has 1 aliphatic heterocycles. The topological polar surface area (TPSA) is 53.4 Å². The van der Waals surface area contributed by atoms with Crippen molar-refractivity contribution < 1.29 is 9.90 Å². The van der Waals surface area contributed by atoms with Gasteiger partial charge in [0.15, 0.2) is 0 Å². The normalized spacial score (nSPS) is 13.5. The highest BCUT2D eigenvalue weighted by atomic mass is 16.4. The zero-order valence-electron chi connectivity index (χ0n) is 17.2. The maximum atomic E-state index is 11.7. The number of fused-ring (bicyclic) bond motifs is 1. The van der Waals surface area contributed by atoms with Gasteiger partial charge in [0.2, 0.25) is 0 Å². The molecule has 0 fully saturated rings. The van der Waals surface area contributed by atoms with Gasteiger partial charge in [0, 0.05) is 32.0 Å². The lowest BCUT2D eigenvalue weighted by Crippen LogP contribution is -2.15. The van der Waals surface area contributed by atoms with Gasteiger partial charge in [-0.05, 0) is 71.3 Å². The summed E-state index contributed by atoms with van der Waals surface area (Å²) in [5.74, 6) is -0.786. The van der Waals surface area contributed by atoms with Crippen LogP contribution in [-0.4, -0.2) is 21.0 Å². The number of aromatic nitrogens is 1. The van der Waals surface area contributed by atoms with Gasteiger partial charge in [0.25, 0.3) is 0 Å². The van der Waals surface area contributed by atoms with Gasteiger partial charge in [-0.3, -0.25) is 14.7 Å². The minimum Gasteiger partial charge on any atom is -0.481 e. The van der Waals surface area contributed by atoms with Crippen LogP contribution in [0.25, 0.3) is 11.1 Å². The van der Waals surface area contributed by atoms with E-state index in [4.69, 9.17) is 0 Å². The molecule has 1 N–H and O–H groups in total. The smallest absolute Gasteiger partial charge is 0.307 e. The second-order valence-electron chi connectivity index (χ2n) is 8.00. The lowest BCUT2D eigenvalue weighted by Gasteiger charge is -2.20. The van der Waals surface area contributed by atoms with Gasteiger partial charge in [-0.2, -0.15) is 0 Å². The van der Waals surface area contributed by atoms with E-state index in [0.29, 0.717) is 0 Å². The van der Waals surface area contributed by atoms with Crippen molar-refractivity contribution in [1.82, 2.24) is 9.88 Å². The van der Waals surface area contributed by atoms with Crippen LogP contribution in [0.1, 0.15) is 38.9 Å². The van der Waals surface area contributed by atoms with Crippen LogP contribution < -0.4 is 0 Å². The Hall–Kier alpha value is -2.98. The van der Waals surface area contributed by atoms with Crippen molar-refractivity contribution in [2.75, 3.05) is 0 Å². The minimum atomic E-state index is -0.786. The summed E-state index contributed by atoms with van der Waals surface area (Å²) in [4.78, 5) is 18.3. The molecule has 1 aromatic heterocycles. The van der Waals surface area contributed by atoms with Crippen molar-refractivity contribution in [3.05, 3.63) is 87.7 Å². The van der Waals surface area contributed by atoms with Crippen LogP contribution >= 0.6 is 0 Å². The molecule has 29 heavy (non-hydrogen) atoms. The highest BCUT2D eigenvalue weighted by Crippen LogP contribution is 2.39. The molecule has 3 aromatic rings. The molecule has 1 aliphatic rings. The van der Waals surface area contributed by atoms with Crippen molar-refractivity contribution in [2.24, 2.45) is 0 Å². The number of hydrogen-bond donors (Lipinski definition) is 1. The van der Waals surface area contributed by atoms with Crippen LogP contribution in [0.2, 0.25) is 0 Å². The molecular weight excluding hydrogens is 360 g/mol. The Morgan fingerprint density at radius 1 is 1.03 bits per heavy atom. The first-order valence-electron chi connectivity index (χ1n) is 9.98. The SMILES string of the molecule is Cc1ccc(-c2c(C)c3c(c(C)c2CC(=O)O)CN(Cc2cccnc2)C3)cc1. The lowest BCUT2D eigenvalue weighted by molar-refractivity contribution is -0.136. The molecule has 4 nitrogen and oxygen atoms in total. The summed E-state index contributed by atoms with van der Waals surface area (Å²) in [6.07, 6.45) is 3.75. The number of carboxylic acid groups (broad SMARTS) is 1. The van der Waals surface area contributed by atoms with Gasteiger partial charge < -0.3 is 5.11 Å². The van der Waals surface area contributed by atoms with Crippen LogP contribution in [0.15, 0.2) is 48.8 Å². The number of hydrogen-bond acceptors (Lipinski definition) is 3. The van der Waals surface area contributed by atoms with Gasteiger partial charge in [0.1, 0.15) is 0 Å². The summed E-state index contributed by atoms with van der Waals surface area (Å²) in [5.41, 5.74) is 10.5. The van der Waals surface area contributed by atoms with Crippen LogP contribution in [0.5, 0.6) is 0 Å². The van der Waals surface area contributed by atoms with Crippen molar-refractivity contribution >= 4 is 5.97 Å². The van der Waals surface area contributed by atoms with Crippen LogP contribution in [0.3, 0.4) is 0 Å². The molecule has 0 radical (unpaired) electrons. The number of rotatable bonds is 5. The minimum absolute atomic E-state index is 0.0474. The van der Waals surface area contributed by atoms with E-state index in [2.05, 4.69) is 61.0 Å². The largest absolute Gasteiger partial charge is 0.481 e. The average Bonchev–Trinajstić information content (AvgIpc) is 3.12. The molecule has 4 heteroatoms. The zero-order chi connectivity index (χ0) is 20.5. The Labute approximate surface area is 171 Å². The predicted molar refractivity (Wildman–Crippen MR) is 115 cm³/mol. The second-order valence-corrected chi connectivity index (χ2v) is 8.00. The first-order chi connectivity index (χ1) is 13.9. The molecule has 0 saturated carbocycles. The predicted octanol–water partition coefficient (Wildman–Crippen LogP) is 4.82. The third kappa shape index (κ3) is 3.81. The summed E-state index contributed by atoms with van der Waals surface area (Å²) in [6.45, 7) is 8.86. The van der Waals surface area contributed by atoms with E-state index in [-0.39, 0.29) is 6.42 Å². The number of carboxylic acids is 1. The first kappa shape index (κ1) is 19.3. The maximum Gasteiger partial charge on any atom is 0.307 e. The highest BCUT2D eigenvalue weighted by molar-refractivity contribution is 5.81. The standard InChI is InChI=1S/C25H26N2O2/c1-16-6-8-20(9-7-16)25-18(3)23-15-27(13-19-5-4-10-26-12-19)14-22(23)17(2)21(25)11-24(28)29/h4-10,12H,11,13-15H2,1-3H3,(H,28,29). The van der Waals surface area contributed by atoms with Gasteiger partial charge in [-0.1, -0.05) is 35.9 Å². The van der Waals surface area contributed by atoms with E-state index in [1.807, 2.05) is 12.3 Å². The molecule has 0 atom stereocenters. The monoisotopic (exact) mass is 386 g/mol. The van der Waals surface area contributed by atoms with Gasteiger partial charge >= 0.3 is 5.97 Å². The number of aliphatic carboxylic acids is 1. The molecule has 0 aliphatic carbocycles. The second kappa shape index (κ2) is 7.80. The fourth-order valence-electron chi connectivity index (χ4n) is 4.48. The average molecular weight is 386 g/mol. The third-order valence-electron chi connectivity index (χ3n) is 5.96. The van der Waals surface area contributed by atoms with Gasteiger partial charge in [0.05, 0.1) is 6.42 Å². The summed E-state index contributed by atoms with van der Waals surface area (Å²) in [5, 5.41) is 9.58. The Balaban J connectivity index is 1.78.